The molecule has 3 heterocycles. The Morgan fingerprint density at radius 2 is 2.30 bits per heavy atom. The highest BCUT2D eigenvalue weighted by molar-refractivity contribution is 4.96. The van der Waals surface area contributed by atoms with Crippen molar-refractivity contribution in [2.24, 2.45) is 0 Å². The lowest BCUT2D eigenvalue weighted by Crippen LogP contribution is -2.40. The predicted molar refractivity (Wildman–Crippen MR) is 85.3 cm³/mol. The maximum Gasteiger partial charge on any atom is 0.180 e. The molecule has 2 atom stereocenters. The molecule has 0 aromatic carbocycles. The summed E-state index contributed by atoms with van der Waals surface area (Å²) in [4.78, 5) is 6.90. The summed E-state index contributed by atoms with van der Waals surface area (Å²) in [6, 6.07) is 0. The van der Waals surface area contributed by atoms with Gasteiger partial charge in [0.1, 0.15) is 11.9 Å². The van der Waals surface area contributed by atoms with Gasteiger partial charge in [0.15, 0.2) is 5.82 Å². The number of morpholine rings is 1. The first-order valence-electron chi connectivity index (χ1n) is 8.79. The van der Waals surface area contributed by atoms with Crippen molar-refractivity contribution < 1.29 is 14.2 Å². The van der Waals surface area contributed by atoms with Gasteiger partial charge in [0, 0.05) is 32.7 Å². The van der Waals surface area contributed by atoms with E-state index in [0.29, 0.717) is 12.7 Å². The third-order valence-electron chi connectivity index (χ3n) is 4.35. The Morgan fingerprint density at radius 3 is 3.13 bits per heavy atom. The number of ether oxygens (including phenoxy) is 3. The monoisotopic (exact) mass is 324 g/mol. The fourth-order valence-electron chi connectivity index (χ4n) is 3.05. The van der Waals surface area contributed by atoms with Crippen molar-refractivity contribution in [1.82, 2.24) is 20.1 Å². The van der Waals surface area contributed by atoms with E-state index < -0.39 is 0 Å². The average molecular weight is 324 g/mol. The molecular weight excluding hydrogens is 296 g/mol. The molecule has 7 nitrogen and oxygen atoms in total. The lowest BCUT2D eigenvalue weighted by Gasteiger charge is -2.31. The highest BCUT2D eigenvalue weighted by Crippen LogP contribution is 2.19. The summed E-state index contributed by atoms with van der Waals surface area (Å²) < 4.78 is 17.1. The SMILES string of the molecule is CCCc1nc([C@H]2CN(CCOC[C@@H]3CCCO3)CCO2)n[nH]1. The van der Waals surface area contributed by atoms with Gasteiger partial charge < -0.3 is 14.2 Å². The van der Waals surface area contributed by atoms with Crippen molar-refractivity contribution in [3.63, 3.8) is 0 Å². The van der Waals surface area contributed by atoms with Crippen LogP contribution in [0.5, 0.6) is 0 Å². The van der Waals surface area contributed by atoms with Gasteiger partial charge in [-0.2, -0.15) is 5.10 Å². The molecule has 130 valence electrons. The summed E-state index contributed by atoms with van der Waals surface area (Å²) in [5.74, 6) is 1.72. The van der Waals surface area contributed by atoms with Crippen LogP contribution in [-0.2, 0) is 20.6 Å². The van der Waals surface area contributed by atoms with Crippen LogP contribution in [0.4, 0.5) is 0 Å². The molecule has 2 fully saturated rings. The molecule has 0 bridgehead atoms. The van der Waals surface area contributed by atoms with Crippen LogP contribution in [0.3, 0.4) is 0 Å². The molecule has 0 unspecified atom stereocenters. The third-order valence-corrected chi connectivity index (χ3v) is 4.35. The Hall–Kier alpha value is -1.02. The molecule has 0 spiro atoms. The third kappa shape index (κ3) is 4.97. The van der Waals surface area contributed by atoms with Gasteiger partial charge in [-0.05, 0) is 19.3 Å². The van der Waals surface area contributed by atoms with Crippen molar-refractivity contribution in [2.75, 3.05) is 46.1 Å². The molecular formula is C16H28N4O3. The average Bonchev–Trinajstić information content (AvgIpc) is 3.24. The van der Waals surface area contributed by atoms with Gasteiger partial charge in [-0.25, -0.2) is 4.98 Å². The first-order valence-corrected chi connectivity index (χ1v) is 8.79. The van der Waals surface area contributed by atoms with Crippen LogP contribution >= 0.6 is 0 Å². The minimum absolute atomic E-state index is 0.0382. The van der Waals surface area contributed by atoms with Crippen molar-refractivity contribution in [3.05, 3.63) is 11.6 Å². The van der Waals surface area contributed by atoms with E-state index in [1.54, 1.807) is 0 Å². The lowest BCUT2D eigenvalue weighted by atomic mass is 10.2. The number of nitrogens with zero attached hydrogens (tertiary/aromatic N) is 3. The summed E-state index contributed by atoms with van der Waals surface area (Å²) >= 11 is 0. The lowest BCUT2D eigenvalue weighted by molar-refractivity contribution is -0.0467. The van der Waals surface area contributed by atoms with Crippen LogP contribution in [0.25, 0.3) is 0 Å². The topological polar surface area (TPSA) is 72.5 Å². The van der Waals surface area contributed by atoms with E-state index in [-0.39, 0.29) is 6.10 Å². The van der Waals surface area contributed by atoms with Crippen molar-refractivity contribution >= 4 is 0 Å². The molecule has 1 aromatic rings. The second kappa shape index (κ2) is 8.73. The largest absolute Gasteiger partial charge is 0.377 e. The second-order valence-corrected chi connectivity index (χ2v) is 6.26. The molecule has 0 saturated carbocycles. The van der Waals surface area contributed by atoms with Crippen LogP contribution in [0.15, 0.2) is 0 Å². The van der Waals surface area contributed by atoms with Crippen LogP contribution < -0.4 is 0 Å². The molecule has 0 amide bonds. The van der Waals surface area contributed by atoms with E-state index in [1.807, 2.05) is 0 Å². The fourth-order valence-corrected chi connectivity index (χ4v) is 3.05. The molecule has 7 heteroatoms. The molecule has 0 aliphatic carbocycles. The van der Waals surface area contributed by atoms with Gasteiger partial charge in [-0.1, -0.05) is 6.92 Å². The molecule has 2 aliphatic heterocycles. The number of hydrogen-bond acceptors (Lipinski definition) is 6. The Morgan fingerprint density at radius 1 is 1.35 bits per heavy atom. The molecule has 23 heavy (non-hydrogen) atoms. The number of rotatable bonds is 8. The number of nitrogens with one attached hydrogen (secondary N) is 1. The highest BCUT2D eigenvalue weighted by Gasteiger charge is 2.25. The van der Waals surface area contributed by atoms with Crippen molar-refractivity contribution in [1.29, 1.82) is 0 Å². The number of aromatic amines is 1. The van der Waals surface area contributed by atoms with Gasteiger partial charge in [0.25, 0.3) is 0 Å². The first kappa shape index (κ1) is 16.8. The Labute approximate surface area is 137 Å². The predicted octanol–water partition coefficient (Wildman–Crippen LogP) is 1.33. The summed E-state index contributed by atoms with van der Waals surface area (Å²) in [6.45, 7) is 7.87. The smallest absolute Gasteiger partial charge is 0.180 e. The Bertz CT molecular complexity index is 462. The quantitative estimate of drug-likeness (QED) is 0.727. The van der Waals surface area contributed by atoms with E-state index in [4.69, 9.17) is 14.2 Å². The van der Waals surface area contributed by atoms with E-state index in [9.17, 15) is 0 Å². The van der Waals surface area contributed by atoms with E-state index in [0.717, 1.165) is 76.8 Å². The van der Waals surface area contributed by atoms with Crippen LogP contribution in [-0.4, -0.2) is 72.2 Å². The molecule has 0 radical (unpaired) electrons. The van der Waals surface area contributed by atoms with Crippen LogP contribution in [0.2, 0.25) is 0 Å². The molecule has 1 aromatic heterocycles. The summed E-state index contributed by atoms with van der Waals surface area (Å²) in [7, 11) is 0. The van der Waals surface area contributed by atoms with Gasteiger partial charge >= 0.3 is 0 Å². The highest BCUT2D eigenvalue weighted by atomic mass is 16.5. The van der Waals surface area contributed by atoms with Gasteiger partial charge in [0.05, 0.1) is 25.9 Å². The minimum atomic E-state index is -0.0382. The number of hydrogen-bond donors (Lipinski definition) is 1. The molecule has 2 saturated heterocycles. The zero-order chi connectivity index (χ0) is 15.9. The fraction of sp³-hybridized carbons (Fsp3) is 0.875. The zero-order valence-electron chi connectivity index (χ0n) is 14.0. The minimum Gasteiger partial charge on any atom is -0.377 e. The normalized spacial score (nSPS) is 26.0. The van der Waals surface area contributed by atoms with Gasteiger partial charge in [-0.15, -0.1) is 0 Å². The van der Waals surface area contributed by atoms with E-state index in [2.05, 4.69) is 27.0 Å². The second-order valence-electron chi connectivity index (χ2n) is 6.26. The number of aryl methyl sites for hydroxylation is 1. The molecule has 3 rings (SSSR count). The number of H-pyrrole nitrogens is 1. The maximum atomic E-state index is 5.83. The summed E-state index contributed by atoms with van der Waals surface area (Å²) in [6.07, 6.45) is 4.55. The molecule has 1 N–H and O–H groups in total. The van der Waals surface area contributed by atoms with Crippen LogP contribution in [0.1, 0.15) is 43.9 Å². The Kier molecular flexibility index (Phi) is 6.38. The standard InChI is InChI=1S/C16H28N4O3/c1-2-4-15-17-16(19-18-15)14-11-20(7-10-23-14)6-9-21-12-13-5-3-8-22-13/h13-14H,2-12H2,1H3,(H,17,18,19)/t13-,14+/m0/s1. The zero-order valence-corrected chi connectivity index (χ0v) is 14.0. The summed E-state index contributed by atoms with van der Waals surface area (Å²) in [5.41, 5.74) is 0. The van der Waals surface area contributed by atoms with Gasteiger partial charge in [0.2, 0.25) is 0 Å². The van der Waals surface area contributed by atoms with E-state index in [1.165, 1.54) is 0 Å². The van der Waals surface area contributed by atoms with Crippen molar-refractivity contribution in [3.8, 4) is 0 Å². The van der Waals surface area contributed by atoms with Crippen LogP contribution in [0, 0.1) is 0 Å². The van der Waals surface area contributed by atoms with E-state index >= 15 is 0 Å². The van der Waals surface area contributed by atoms with Crippen molar-refractivity contribution in [2.45, 2.75) is 44.8 Å². The Balaban J connectivity index is 1.38. The number of aromatic nitrogens is 3. The first-order chi connectivity index (χ1) is 11.3. The summed E-state index contributed by atoms with van der Waals surface area (Å²) in [5, 5.41) is 7.31. The van der Waals surface area contributed by atoms with Gasteiger partial charge in [-0.3, -0.25) is 10.00 Å². The maximum absolute atomic E-state index is 5.83. The molecule has 2 aliphatic rings.